The summed E-state index contributed by atoms with van der Waals surface area (Å²) in [6.45, 7) is 9.76. The minimum absolute atomic E-state index is 0.102. The van der Waals surface area contributed by atoms with E-state index in [2.05, 4.69) is 35.1 Å². The number of carbonyl (C=O) groups is 4. The quantitative estimate of drug-likeness (QED) is 0.0338. The number of ether oxygens (including phenoxy) is 5. The molecule has 0 radical (unpaired) electrons. The minimum Gasteiger partial charge on any atom is -0.446 e. The molecule has 330 valence electrons. The second kappa shape index (κ2) is 38.4. The zero-order valence-electron chi connectivity index (χ0n) is 35.0. The molecule has 0 aliphatic rings. The highest BCUT2D eigenvalue weighted by Gasteiger charge is 2.22. The van der Waals surface area contributed by atoms with Gasteiger partial charge in [0, 0.05) is 50.9 Å². The van der Waals surface area contributed by atoms with E-state index in [0.717, 1.165) is 38.5 Å². The summed E-state index contributed by atoms with van der Waals surface area (Å²) in [5.41, 5.74) is 0. The molecule has 4 amide bonds. The molecular weight excluding hydrogens is 763 g/mol. The first-order valence-electron chi connectivity index (χ1n) is 21.0. The van der Waals surface area contributed by atoms with Gasteiger partial charge in [-0.05, 0) is 12.8 Å². The summed E-state index contributed by atoms with van der Waals surface area (Å²) in [7, 11) is -3.07. The Morgan fingerprint density at radius 2 is 1.11 bits per heavy atom. The van der Waals surface area contributed by atoms with Crippen molar-refractivity contribution in [3.63, 3.8) is 0 Å². The fourth-order valence-electron chi connectivity index (χ4n) is 5.32. The van der Waals surface area contributed by atoms with Crippen molar-refractivity contribution in [2.24, 2.45) is 0 Å². The number of carbonyl (C=O) groups excluding carboxylic acids is 4. The van der Waals surface area contributed by atoms with Gasteiger partial charge in [0.25, 0.3) is 0 Å². The van der Waals surface area contributed by atoms with Crippen LogP contribution in [0.25, 0.3) is 0 Å². The van der Waals surface area contributed by atoms with E-state index in [1.54, 1.807) is 0 Å². The third-order valence-electron chi connectivity index (χ3n) is 8.50. The average molecular weight is 841 g/mol. The number of nitrogens with one attached hydrogen (secondary N) is 4. The van der Waals surface area contributed by atoms with Gasteiger partial charge in [-0.1, -0.05) is 104 Å². The summed E-state index contributed by atoms with van der Waals surface area (Å²) in [6, 6.07) is -0.847. The summed E-state index contributed by atoms with van der Waals surface area (Å²) in [4.78, 5) is 59.1. The van der Waals surface area contributed by atoms with Gasteiger partial charge < -0.3 is 49.8 Å². The van der Waals surface area contributed by atoms with E-state index in [0.29, 0.717) is 39.5 Å². The SMILES string of the molecule is CCCCCCCCCCNC(=O)OC[C@H](CSC[C@H](NC(C)=O)C(=O)NCCOCCOCCOCCP(C)(=O)O)OC(=O)NCCCCCCCCCC. The molecule has 0 aromatic rings. The second-order valence-electron chi connectivity index (χ2n) is 14.1. The van der Waals surface area contributed by atoms with Gasteiger partial charge in [-0.25, -0.2) is 9.59 Å². The Morgan fingerprint density at radius 1 is 0.625 bits per heavy atom. The lowest BCUT2D eigenvalue weighted by atomic mass is 10.1. The van der Waals surface area contributed by atoms with Crippen LogP contribution < -0.4 is 21.3 Å². The molecule has 5 N–H and O–H groups in total. The zero-order valence-corrected chi connectivity index (χ0v) is 36.8. The maximum atomic E-state index is 12.9. The Kier molecular flexibility index (Phi) is 37.0. The molecule has 0 rings (SSSR count). The molecule has 0 spiro atoms. The molecule has 0 bridgehead atoms. The first-order chi connectivity index (χ1) is 27.0. The third kappa shape index (κ3) is 38.8. The van der Waals surface area contributed by atoms with E-state index in [9.17, 15) is 28.6 Å². The van der Waals surface area contributed by atoms with E-state index in [1.165, 1.54) is 89.6 Å². The van der Waals surface area contributed by atoms with Crippen LogP contribution in [-0.4, -0.2) is 131 Å². The number of hydrogen-bond acceptors (Lipinski definition) is 11. The van der Waals surface area contributed by atoms with Crippen LogP contribution in [0.3, 0.4) is 0 Å². The van der Waals surface area contributed by atoms with Crippen LogP contribution in [-0.2, 0) is 37.8 Å². The number of alkyl carbamates (subject to hydrolysis) is 2. The topological polar surface area (TPSA) is 200 Å². The van der Waals surface area contributed by atoms with Gasteiger partial charge in [-0.15, -0.1) is 0 Å². The van der Waals surface area contributed by atoms with Gasteiger partial charge in [-0.2, -0.15) is 11.8 Å². The fourth-order valence-corrected chi connectivity index (χ4v) is 6.82. The molecule has 0 saturated carbocycles. The van der Waals surface area contributed by atoms with Gasteiger partial charge in [0.15, 0.2) is 7.37 Å². The lowest BCUT2D eigenvalue weighted by Crippen LogP contribution is -2.48. The predicted molar refractivity (Wildman–Crippen MR) is 224 cm³/mol. The first kappa shape index (κ1) is 53.9. The average Bonchev–Trinajstić information content (AvgIpc) is 3.14. The van der Waals surface area contributed by atoms with Crippen LogP contribution in [0.4, 0.5) is 9.59 Å². The number of thioether (sulfide) groups is 1. The number of hydrogen-bond donors (Lipinski definition) is 5. The number of rotatable bonds is 39. The largest absolute Gasteiger partial charge is 0.446 e. The molecule has 0 heterocycles. The van der Waals surface area contributed by atoms with Gasteiger partial charge >= 0.3 is 12.2 Å². The van der Waals surface area contributed by atoms with Crippen molar-refractivity contribution in [2.45, 2.75) is 136 Å². The molecular formula is C39H77N4O11PS. The molecule has 17 heteroatoms. The minimum atomic E-state index is -3.07. The van der Waals surface area contributed by atoms with Crippen LogP contribution in [0, 0.1) is 0 Å². The highest BCUT2D eigenvalue weighted by Crippen LogP contribution is 2.34. The lowest BCUT2D eigenvalue weighted by molar-refractivity contribution is -0.127. The Bertz CT molecular complexity index is 1040. The standard InChI is InChI=1S/C39H77N4O11PS/c1-5-7-9-11-13-15-17-19-21-41-38(46)53-31-35(54-39(47)42-22-20-18-16-14-12-10-8-6-2)32-56-33-36(43-34(3)44)37(45)40-23-24-50-25-26-51-27-28-52-29-30-55(4,48)49/h35-36H,5-33H2,1-4H3,(H,40,45)(H,41,46)(H,42,47)(H,43,44)(H,48,49)/t35-,36+/m1/s1. The van der Waals surface area contributed by atoms with Crippen molar-refractivity contribution in [1.82, 2.24) is 21.3 Å². The van der Waals surface area contributed by atoms with E-state index in [1.807, 2.05) is 0 Å². The van der Waals surface area contributed by atoms with Crippen molar-refractivity contribution in [2.75, 3.05) is 90.2 Å². The van der Waals surface area contributed by atoms with Crippen LogP contribution >= 0.6 is 19.1 Å². The van der Waals surface area contributed by atoms with Crippen molar-refractivity contribution in [3.8, 4) is 0 Å². The molecule has 0 aliphatic carbocycles. The van der Waals surface area contributed by atoms with Crippen molar-refractivity contribution < 1.29 is 52.3 Å². The molecule has 15 nitrogen and oxygen atoms in total. The van der Waals surface area contributed by atoms with Gasteiger partial charge in [-0.3, -0.25) is 14.2 Å². The fraction of sp³-hybridized carbons (Fsp3) is 0.897. The monoisotopic (exact) mass is 841 g/mol. The first-order valence-corrected chi connectivity index (χ1v) is 24.4. The van der Waals surface area contributed by atoms with E-state index in [-0.39, 0.29) is 55.8 Å². The van der Waals surface area contributed by atoms with E-state index in [4.69, 9.17) is 23.7 Å². The number of amides is 4. The molecule has 3 atom stereocenters. The summed E-state index contributed by atoms with van der Waals surface area (Å²) in [5.74, 6) is -0.329. The van der Waals surface area contributed by atoms with Crippen molar-refractivity contribution >= 4 is 43.1 Å². The lowest BCUT2D eigenvalue weighted by Gasteiger charge is -2.21. The second-order valence-corrected chi connectivity index (χ2v) is 17.7. The molecule has 56 heavy (non-hydrogen) atoms. The number of unbranched alkanes of at least 4 members (excludes halogenated alkanes) is 14. The Labute approximate surface area is 341 Å². The zero-order chi connectivity index (χ0) is 41.5. The smallest absolute Gasteiger partial charge is 0.407 e. The molecule has 0 saturated heterocycles. The molecule has 0 aromatic heterocycles. The Balaban J connectivity index is 4.70. The van der Waals surface area contributed by atoms with Gasteiger partial charge in [0.05, 0.1) is 39.6 Å². The van der Waals surface area contributed by atoms with E-state index >= 15 is 0 Å². The Morgan fingerprint density at radius 3 is 1.62 bits per heavy atom. The predicted octanol–water partition coefficient (Wildman–Crippen LogP) is 6.39. The summed E-state index contributed by atoms with van der Waals surface area (Å²) in [5, 5.41) is 11.0. The third-order valence-corrected chi connectivity index (χ3v) is 10.7. The highest BCUT2D eigenvalue weighted by molar-refractivity contribution is 7.99. The normalized spacial score (nSPS) is 13.3. The van der Waals surface area contributed by atoms with E-state index < -0.39 is 31.7 Å². The maximum Gasteiger partial charge on any atom is 0.407 e. The highest BCUT2D eigenvalue weighted by atomic mass is 32.2. The van der Waals surface area contributed by atoms with Crippen molar-refractivity contribution in [3.05, 3.63) is 0 Å². The summed E-state index contributed by atoms with van der Waals surface area (Å²) < 4.78 is 38.4. The van der Waals surface area contributed by atoms with Gasteiger partial charge in [0.2, 0.25) is 11.8 Å². The van der Waals surface area contributed by atoms with Crippen LogP contribution in [0.15, 0.2) is 0 Å². The van der Waals surface area contributed by atoms with Crippen molar-refractivity contribution in [1.29, 1.82) is 0 Å². The summed E-state index contributed by atoms with van der Waals surface area (Å²) in [6.07, 6.45) is 16.6. The Hall–Kier alpha value is -2.10. The van der Waals surface area contributed by atoms with Crippen LogP contribution in [0.5, 0.6) is 0 Å². The molecule has 0 aliphatic heterocycles. The summed E-state index contributed by atoms with van der Waals surface area (Å²) >= 11 is 1.29. The maximum absolute atomic E-state index is 12.9. The van der Waals surface area contributed by atoms with Crippen LogP contribution in [0.2, 0.25) is 0 Å². The molecule has 1 unspecified atom stereocenters. The molecule has 0 fully saturated rings. The van der Waals surface area contributed by atoms with Gasteiger partial charge in [0.1, 0.15) is 18.8 Å². The van der Waals surface area contributed by atoms with Crippen LogP contribution in [0.1, 0.15) is 124 Å². The molecule has 0 aromatic carbocycles.